The predicted molar refractivity (Wildman–Crippen MR) is 99.1 cm³/mol. The van der Waals surface area contributed by atoms with Crippen molar-refractivity contribution in [3.8, 4) is 0 Å². The summed E-state index contributed by atoms with van der Waals surface area (Å²) < 4.78 is 5.93. The van der Waals surface area contributed by atoms with Crippen molar-refractivity contribution >= 4 is 11.9 Å². The van der Waals surface area contributed by atoms with Gasteiger partial charge in [-0.05, 0) is 17.9 Å². The number of esters is 1. The van der Waals surface area contributed by atoms with Gasteiger partial charge in [-0.1, -0.05) is 44.2 Å². The number of nitrogens with zero attached hydrogens (tertiary/aromatic N) is 1. The average molecular weight is 373 g/mol. The van der Waals surface area contributed by atoms with E-state index in [1.807, 2.05) is 35.3 Å². The van der Waals surface area contributed by atoms with Gasteiger partial charge in [0, 0.05) is 12.3 Å². The molecule has 0 spiro atoms. The highest BCUT2D eigenvalue weighted by Crippen LogP contribution is 2.20. The van der Waals surface area contributed by atoms with Crippen LogP contribution in [0.15, 0.2) is 52.2 Å². The first-order valence-electron chi connectivity index (χ1n) is 8.65. The molecule has 1 atom stereocenters. The monoisotopic (exact) mass is 373 g/mol. The molecule has 1 aromatic heterocycles. The second-order valence-corrected chi connectivity index (χ2v) is 6.56. The summed E-state index contributed by atoms with van der Waals surface area (Å²) in [6.07, 6.45) is 1.94. The lowest BCUT2D eigenvalue weighted by molar-refractivity contribution is -0.149. The molecule has 0 bridgehead atoms. The van der Waals surface area contributed by atoms with E-state index in [1.165, 1.54) is 6.20 Å². The number of benzene rings is 1. The number of carbonyl (C=O) groups excluding carboxylic acids is 2. The van der Waals surface area contributed by atoms with Crippen molar-refractivity contribution in [1.82, 2.24) is 14.9 Å². The molecule has 144 valence electrons. The van der Waals surface area contributed by atoms with Gasteiger partial charge in [0.05, 0.1) is 6.04 Å². The molecule has 1 aromatic carbocycles. The van der Waals surface area contributed by atoms with Crippen LogP contribution in [0.3, 0.4) is 0 Å². The zero-order valence-corrected chi connectivity index (χ0v) is 15.3. The summed E-state index contributed by atoms with van der Waals surface area (Å²) in [7, 11) is 0. The molecule has 0 aliphatic rings. The molecular formula is C19H23N3O5. The van der Waals surface area contributed by atoms with Gasteiger partial charge < -0.3 is 10.1 Å². The van der Waals surface area contributed by atoms with E-state index in [4.69, 9.17) is 4.74 Å². The SMILES string of the molecule is CC(C)C[C@@H](NC(=O)COC(=O)Cn1ccc(=O)[nH]c1=O)c1ccccc1. The second kappa shape index (κ2) is 9.51. The topological polar surface area (TPSA) is 110 Å². The van der Waals surface area contributed by atoms with Gasteiger partial charge in [-0.2, -0.15) is 0 Å². The Morgan fingerprint density at radius 3 is 2.48 bits per heavy atom. The number of hydrogen-bond donors (Lipinski definition) is 2. The van der Waals surface area contributed by atoms with Crippen LogP contribution >= 0.6 is 0 Å². The lowest BCUT2D eigenvalue weighted by Crippen LogP contribution is -2.35. The molecule has 8 nitrogen and oxygen atoms in total. The number of H-pyrrole nitrogens is 1. The Kier molecular flexibility index (Phi) is 7.10. The first-order valence-corrected chi connectivity index (χ1v) is 8.65. The number of aromatic amines is 1. The molecule has 1 heterocycles. The van der Waals surface area contributed by atoms with Gasteiger partial charge in [0.2, 0.25) is 0 Å². The number of hydrogen-bond acceptors (Lipinski definition) is 5. The molecule has 0 fully saturated rings. The minimum Gasteiger partial charge on any atom is -0.454 e. The van der Waals surface area contributed by atoms with Crippen LogP contribution in [0.1, 0.15) is 31.9 Å². The third kappa shape index (κ3) is 6.58. The molecule has 0 radical (unpaired) electrons. The quantitative estimate of drug-likeness (QED) is 0.671. The van der Waals surface area contributed by atoms with Gasteiger partial charge in [0.1, 0.15) is 6.54 Å². The van der Waals surface area contributed by atoms with Crippen LogP contribution in [0.2, 0.25) is 0 Å². The van der Waals surface area contributed by atoms with Crippen molar-refractivity contribution in [3.05, 3.63) is 69.0 Å². The Hall–Kier alpha value is -3.16. The predicted octanol–water partition coefficient (Wildman–Crippen LogP) is 0.983. The largest absolute Gasteiger partial charge is 0.454 e. The first-order chi connectivity index (χ1) is 12.8. The van der Waals surface area contributed by atoms with E-state index in [1.54, 1.807) is 0 Å². The van der Waals surface area contributed by atoms with Crippen molar-refractivity contribution in [2.24, 2.45) is 5.92 Å². The normalized spacial score (nSPS) is 11.8. The minimum absolute atomic E-state index is 0.181. The third-order valence-corrected chi connectivity index (χ3v) is 3.80. The van der Waals surface area contributed by atoms with E-state index in [2.05, 4.69) is 19.2 Å². The van der Waals surface area contributed by atoms with Gasteiger partial charge in [-0.3, -0.25) is 23.9 Å². The van der Waals surface area contributed by atoms with Crippen molar-refractivity contribution in [2.75, 3.05) is 6.61 Å². The number of carbonyl (C=O) groups is 2. The highest BCUT2D eigenvalue weighted by Gasteiger charge is 2.17. The molecule has 0 aliphatic heterocycles. The van der Waals surface area contributed by atoms with Crippen LogP contribution in [0.25, 0.3) is 0 Å². The van der Waals surface area contributed by atoms with E-state index < -0.39 is 36.3 Å². The fraction of sp³-hybridized carbons (Fsp3) is 0.368. The number of aromatic nitrogens is 2. The fourth-order valence-corrected chi connectivity index (χ4v) is 2.57. The number of nitrogens with one attached hydrogen (secondary N) is 2. The highest BCUT2D eigenvalue weighted by molar-refractivity contribution is 5.80. The maximum atomic E-state index is 12.2. The van der Waals surface area contributed by atoms with Gasteiger partial charge in [0.15, 0.2) is 6.61 Å². The van der Waals surface area contributed by atoms with Crippen LogP contribution < -0.4 is 16.6 Å². The molecule has 0 aliphatic carbocycles. The summed E-state index contributed by atoms with van der Waals surface area (Å²) >= 11 is 0. The lowest BCUT2D eigenvalue weighted by Gasteiger charge is -2.21. The second-order valence-electron chi connectivity index (χ2n) is 6.56. The maximum absolute atomic E-state index is 12.2. The average Bonchev–Trinajstić information content (AvgIpc) is 2.62. The summed E-state index contributed by atoms with van der Waals surface area (Å²) in [5.41, 5.74) is -0.295. The molecule has 2 N–H and O–H groups in total. The van der Waals surface area contributed by atoms with E-state index in [9.17, 15) is 19.2 Å². The summed E-state index contributed by atoms with van der Waals surface area (Å²) in [4.78, 5) is 48.6. The Bertz CT molecular complexity index is 886. The highest BCUT2D eigenvalue weighted by atomic mass is 16.5. The van der Waals surface area contributed by atoms with Gasteiger partial charge in [0.25, 0.3) is 11.5 Å². The molecular weight excluding hydrogens is 350 g/mol. The number of amides is 1. The standard InChI is InChI=1S/C19H23N3O5/c1-13(2)10-15(14-6-4-3-5-7-14)20-17(24)12-27-18(25)11-22-9-8-16(23)21-19(22)26/h3-9,13,15H,10-12H2,1-2H3,(H,20,24)(H,21,23,26)/t15-/m1/s1. The van der Waals surface area contributed by atoms with E-state index >= 15 is 0 Å². The van der Waals surface area contributed by atoms with Crippen molar-refractivity contribution in [2.45, 2.75) is 32.9 Å². The summed E-state index contributed by atoms with van der Waals surface area (Å²) in [6.45, 7) is 3.28. The van der Waals surface area contributed by atoms with E-state index in [0.29, 0.717) is 5.92 Å². The van der Waals surface area contributed by atoms with Crippen molar-refractivity contribution in [1.29, 1.82) is 0 Å². The molecule has 2 aromatic rings. The van der Waals surface area contributed by atoms with Gasteiger partial charge in [-0.25, -0.2) is 4.79 Å². The molecule has 0 saturated heterocycles. The molecule has 8 heteroatoms. The third-order valence-electron chi connectivity index (χ3n) is 3.80. The van der Waals surface area contributed by atoms with Gasteiger partial charge in [-0.15, -0.1) is 0 Å². The van der Waals surface area contributed by atoms with Crippen LogP contribution in [-0.4, -0.2) is 28.0 Å². The maximum Gasteiger partial charge on any atom is 0.328 e. The van der Waals surface area contributed by atoms with E-state index in [-0.39, 0.29) is 6.04 Å². The Morgan fingerprint density at radius 1 is 1.15 bits per heavy atom. The zero-order valence-electron chi connectivity index (χ0n) is 15.3. The van der Waals surface area contributed by atoms with Crippen LogP contribution in [0, 0.1) is 5.92 Å². The summed E-state index contributed by atoms with van der Waals surface area (Å²) in [6, 6.07) is 10.5. The van der Waals surface area contributed by atoms with Crippen LogP contribution in [0.4, 0.5) is 0 Å². The van der Waals surface area contributed by atoms with Crippen molar-refractivity contribution < 1.29 is 14.3 Å². The lowest BCUT2D eigenvalue weighted by atomic mass is 9.97. The zero-order chi connectivity index (χ0) is 19.8. The fourth-order valence-electron chi connectivity index (χ4n) is 2.57. The molecule has 0 unspecified atom stereocenters. The van der Waals surface area contributed by atoms with Crippen LogP contribution in [0.5, 0.6) is 0 Å². The van der Waals surface area contributed by atoms with Gasteiger partial charge >= 0.3 is 11.7 Å². The van der Waals surface area contributed by atoms with Crippen molar-refractivity contribution in [3.63, 3.8) is 0 Å². The molecule has 1 amide bonds. The number of rotatable bonds is 8. The smallest absolute Gasteiger partial charge is 0.328 e. The number of ether oxygens (including phenoxy) is 1. The summed E-state index contributed by atoms with van der Waals surface area (Å²) in [5.74, 6) is -0.809. The molecule has 2 rings (SSSR count). The molecule has 27 heavy (non-hydrogen) atoms. The molecule has 0 saturated carbocycles. The first kappa shape index (κ1) is 20.2. The Morgan fingerprint density at radius 2 is 1.85 bits per heavy atom. The van der Waals surface area contributed by atoms with Crippen LogP contribution in [-0.2, 0) is 20.9 Å². The summed E-state index contributed by atoms with van der Waals surface area (Å²) in [5, 5.41) is 2.87. The Balaban J connectivity index is 1.90. The van der Waals surface area contributed by atoms with E-state index in [0.717, 1.165) is 22.6 Å². The Labute approximate surface area is 156 Å². The minimum atomic E-state index is -0.751.